The van der Waals surface area contributed by atoms with Crippen LogP contribution in [0.4, 0.5) is 13.2 Å². The monoisotopic (exact) mass is 240 g/mol. The molecule has 16 heavy (non-hydrogen) atoms. The fourth-order valence-electron chi connectivity index (χ4n) is 1.11. The van der Waals surface area contributed by atoms with Gasteiger partial charge < -0.3 is 10.6 Å². The highest BCUT2D eigenvalue weighted by atomic mass is 19.4. The highest BCUT2D eigenvalue weighted by Gasteiger charge is 2.32. The highest BCUT2D eigenvalue weighted by Crippen LogP contribution is 2.20. The van der Waals surface area contributed by atoms with Gasteiger partial charge in [0.15, 0.2) is 0 Å². The first-order valence-corrected chi connectivity index (χ1v) is 5.19. The number of alkyl halides is 3. The zero-order valence-electron chi connectivity index (χ0n) is 9.84. The SMILES string of the molecule is CC(C)[C@H](N)CCN(C)C(=O)CC(F)(F)F. The first-order chi connectivity index (χ1) is 7.13. The summed E-state index contributed by atoms with van der Waals surface area (Å²) >= 11 is 0. The Morgan fingerprint density at radius 1 is 1.38 bits per heavy atom. The molecule has 0 unspecified atom stereocenters. The van der Waals surface area contributed by atoms with Gasteiger partial charge in [0.1, 0.15) is 6.42 Å². The lowest BCUT2D eigenvalue weighted by atomic mass is 10.0. The molecule has 0 radical (unpaired) electrons. The van der Waals surface area contributed by atoms with Gasteiger partial charge in [-0.1, -0.05) is 13.8 Å². The van der Waals surface area contributed by atoms with E-state index in [0.717, 1.165) is 4.90 Å². The molecule has 0 aromatic heterocycles. The Hall–Kier alpha value is -0.780. The summed E-state index contributed by atoms with van der Waals surface area (Å²) < 4.78 is 35.8. The van der Waals surface area contributed by atoms with Crippen LogP contribution in [0, 0.1) is 5.92 Å². The van der Waals surface area contributed by atoms with E-state index in [9.17, 15) is 18.0 Å². The fourth-order valence-corrected chi connectivity index (χ4v) is 1.11. The maximum Gasteiger partial charge on any atom is 0.397 e. The Morgan fingerprint density at radius 3 is 2.25 bits per heavy atom. The van der Waals surface area contributed by atoms with E-state index in [1.54, 1.807) is 0 Å². The van der Waals surface area contributed by atoms with Gasteiger partial charge in [0.05, 0.1) is 0 Å². The number of hydrogen-bond acceptors (Lipinski definition) is 2. The van der Waals surface area contributed by atoms with Crippen molar-refractivity contribution in [2.45, 2.75) is 38.9 Å². The van der Waals surface area contributed by atoms with Crippen LogP contribution < -0.4 is 5.73 Å². The highest BCUT2D eigenvalue weighted by molar-refractivity contribution is 5.76. The van der Waals surface area contributed by atoms with Gasteiger partial charge in [0.25, 0.3) is 0 Å². The zero-order valence-corrected chi connectivity index (χ0v) is 9.84. The van der Waals surface area contributed by atoms with Gasteiger partial charge in [0.2, 0.25) is 5.91 Å². The Morgan fingerprint density at radius 2 is 1.88 bits per heavy atom. The molecule has 0 aromatic rings. The van der Waals surface area contributed by atoms with Crippen molar-refractivity contribution >= 4 is 5.91 Å². The second kappa shape index (κ2) is 6.08. The molecule has 0 bridgehead atoms. The lowest BCUT2D eigenvalue weighted by Crippen LogP contribution is -2.36. The van der Waals surface area contributed by atoms with E-state index in [2.05, 4.69) is 0 Å². The molecule has 0 saturated heterocycles. The fraction of sp³-hybridized carbons (Fsp3) is 0.900. The molecule has 0 aromatic carbocycles. The maximum absolute atomic E-state index is 11.9. The molecule has 1 atom stereocenters. The average molecular weight is 240 g/mol. The van der Waals surface area contributed by atoms with Gasteiger partial charge in [0, 0.05) is 19.6 Å². The van der Waals surface area contributed by atoms with Crippen LogP contribution >= 0.6 is 0 Å². The zero-order chi connectivity index (χ0) is 12.9. The smallest absolute Gasteiger partial charge is 0.345 e. The molecule has 3 nitrogen and oxygen atoms in total. The van der Waals surface area contributed by atoms with Crippen molar-refractivity contribution in [2.24, 2.45) is 11.7 Å². The Labute approximate surface area is 93.8 Å². The van der Waals surface area contributed by atoms with Crippen LogP contribution in [0.3, 0.4) is 0 Å². The van der Waals surface area contributed by atoms with Crippen molar-refractivity contribution in [3.8, 4) is 0 Å². The Bertz CT molecular complexity index is 229. The molecule has 0 rings (SSSR count). The number of amides is 1. The molecular weight excluding hydrogens is 221 g/mol. The molecule has 2 N–H and O–H groups in total. The predicted molar refractivity (Wildman–Crippen MR) is 55.7 cm³/mol. The third-order valence-corrected chi connectivity index (χ3v) is 2.43. The minimum absolute atomic E-state index is 0.0962. The lowest BCUT2D eigenvalue weighted by Gasteiger charge is -2.22. The minimum Gasteiger partial charge on any atom is -0.345 e. The van der Waals surface area contributed by atoms with Crippen molar-refractivity contribution in [2.75, 3.05) is 13.6 Å². The number of nitrogens with zero attached hydrogens (tertiary/aromatic N) is 1. The van der Waals surface area contributed by atoms with Crippen molar-refractivity contribution in [1.29, 1.82) is 0 Å². The van der Waals surface area contributed by atoms with Crippen LogP contribution in [0.5, 0.6) is 0 Å². The van der Waals surface area contributed by atoms with Gasteiger partial charge in [-0.3, -0.25) is 4.79 Å². The maximum atomic E-state index is 11.9. The van der Waals surface area contributed by atoms with Crippen molar-refractivity contribution in [1.82, 2.24) is 4.90 Å². The third kappa shape index (κ3) is 6.66. The molecule has 6 heteroatoms. The molecule has 0 heterocycles. The molecule has 0 aliphatic carbocycles. The predicted octanol–water partition coefficient (Wildman–Crippen LogP) is 1.77. The Kier molecular flexibility index (Phi) is 5.78. The summed E-state index contributed by atoms with van der Waals surface area (Å²) in [6, 6.07) is -0.0962. The van der Waals surface area contributed by atoms with Crippen LogP contribution in [0.2, 0.25) is 0 Å². The van der Waals surface area contributed by atoms with Gasteiger partial charge in [-0.2, -0.15) is 13.2 Å². The molecule has 0 spiro atoms. The standard InChI is InChI=1S/C10H19F3N2O/c1-7(2)8(14)4-5-15(3)9(16)6-10(11,12)13/h7-8H,4-6,14H2,1-3H3/t8-/m1/s1. The average Bonchev–Trinajstić information content (AvgIpc) is 2.10. The van der Waals surface area contributed by atoms with Crippen LogP contribution in [0.25, 0.3) is 0 Å². The summed E-state index contributed by atoms with van der Waals surface area (Å²) in [6.07, 6.45) is -5.33. The number of halogens is 3. The molecule has 1 amide bonds. The quantitative estimate of drug-likeness (QED) is 0.796. The summed E-state index contributed by atoms with van der Waals surface area (Å²) in [5.74, 6) is -0.658. The first-order valence-electron chi connectivity index (χ1n) is 5.19. The van der Waals surface area contributed by atoms with Crippen LogP contribution in [0.1, 0.15) is 26.7 Å². The van der Waals surface area contributed by atoms with Crippen molar-refractivity contribution < 1.29 is 18.0 Å². The molecule has 0 fully saturated rings. The third-order valence-electron chi connectivity index (χ3n) is 2.43. The van der Waals surface area contributed by atoms with E-state index in [1.807, 2.05) is 13.8 Å². The molecular formula is C10H19F3N2O. The number of hydrogen-bond donors (Lipinski definition) is 1. The first kappa shape index (κ1) is 15.2. The minimum atomic E-state index is -4.44. The van der Waals surface area contributed by atoms with E-state index in [0.29, 0.717) is 6.42 Å². The number of rotatable bonds is 5. The van der Waals surface area contributed by atoms with Crippen LogP contribution in [-0.4, -0.2) is 36.6 Å². The molecule has 0 aliphatic heterocycles. The lowest BCUT2D eigenvalue weighted by molar-refractivity contribution is -0.160. The van der Waals surface area contributed by atoms with Crippen molar-refractivity contribution in [3.05, 3.63) is 0 Å². The van der Waals surface area contributed by atoms with Gasteiger partial charge in [-0.05, 0) is 12.3 Å². The summed E-state index contributed by atoms with van der Waals surface area (Å²) in [6.45, 7) is 4.12. The Balaban J connectivity index is 3.98. The summed E-state index contributed by atoms with van der Waals surface area (Å²) in [5, 5.41) is 0. The largest absolute Gasteiger partial charge is 0.397 e. The van der Waals surface area contributed by atoms with E-state index in [-0.39, 0.29) is 18.5 Å². The molecule has 0 saturated carbocycles. The second-order valence-corrected chi connectivity index (χ2v) is 4.30. The van der Waals surface area contributed by atoms with Crippen LogP contribution in [0.15, 0.2) is 0 Å². The summed E-state index contributed by atoms with van der Waals surface area (Å²) in [7, 11) is 1.36. The van der Waals surface area contributed by atoms with E-state index in [4.69, 9.17) is 5.73 Å². The van der Waals surface area contributed by atoms with E-state index >= 15 is 0 Å². The number of carbonyl (C=O) groups is 1. The number of nitrogens with two attached hydrogens (primary N) is 1. The summed E-state index contributed by atoms with van der Waals surface area (Å²) in [4.78, 5) is 12.2. The van der Waals surface area contributed by atoms with Gasteiger partial charge >= 0.3 is 6.18 Å². The van der Waals surface area contributed by atoms with E-state index in [1.165, 1.54) is 7.05 Å². The van der Waals surface area contributed by atoms with Crippen LogP contribution in [-0.2, 0) is 4.79 Å². The topological polar surface area (TPSA) is 46.3 Å². The molecule has 96 valence electrons. The molecule has 0 aliphatic rings. The number of carbonyl (C=O) groups excluding carboxylic acids is 1. The van der Waals surface area contributed by atoms with Gasteiger partial charge in [-0.15, -0.1) is 0 Å². The van der Waals surface area contributed by atoms with Crippen molar-refractivity contribution in [3.63, 3.8) is 0 Å². The van der Waals surface area contributed by atoms with E-state index < -0.39 is 18.5 Å². The normalized spacial score (nSPS) is 14.0. The summed E-state index contributed by atoms with van der Waals surface area (Å²) in [5.41, 5.74) is 5.73. The second-order valence-electron chi connectivity index (χ2n) is 4.30. The van der Waals surface area contributed by atoms with Gasteiger partial charge in [-0.25, -0.2) is 0 Å².